The third-order valence-corrected chi connectivity index (χ3v) is 2.99. The summed E-state index contributed by atoms with van der Waals surface area (Å²) in [6, 6.07) is 9.52. The van der Waals surface area contributed by atoms with E-state index in [2.05, 4.69) is 4.98 Å². The fraction of sp³-hybridized carbons (Fsp3) is 0.312. The van der Waals surface area contributed by atoms with E-state index in [-0.39, 0.29) is 0 Å². The molecule has 0 saturated carbocycles. The van der Waals surface area contributed by atoms with Gasteiger partial charge in [-0.25, -0.2) is 0 Å². The predicted octanol–water partition coefficient (Wildman–Crippen LogP) is 3.35. The van der Waals surface area contributed by atoms with Gasteiger partial charge in [0.05, 0.1) is 6.61 Å². The van der Waals surface area contributed by atoms with E-state index in [1.165, 1.54) is 0 Å². The maximum Gasteiger partial charge on any atom is 0.169 e. The second-order valence-electron chi connectivity index (χ2n) is 4.51. The van der Waals surface area contributed by atoms with Crippen molar-refractivity contribution in [2.45, 2.75) is 27.3 Å². The molecule has 0 saturated heterocycles. The average molecular weight is 272 g/mol. The van der Waals surface area contributed by atoms with E-state index < -0.39 is 0 Å². The number of benzene rings is 1. The Bertz CT molecular complexity index is 597. The standard InChI is InChI=1S/C16H20N2O2/c1-4-19-14-7-5-6-8-15(14)20-16-9-11(2)18-12(3)13(16)10-17/h5-9H,4,10,17H2,1-3H3. The Balaban J connectivity index is 2.39. The maximum atomic E-state index is 6.00. The topological polar surface area (TPSA) is 57.4 Å². The van der Waals surface area contributed by atoms with Gasteiger partial charge in [0, 0.05) is 29.6 Å². The van der Waals surface area contributed by atoms with Gasteiger partial charge in [-0.1, -0.05) is 12.1 Å². The third-order valence-electron chi connectivity index (χ3n) is 2.99. The Morgan fingerprint density at radius 3 is 2.45 bits per heavy atom. The van der Waals surface area contributed by atoms with E-state index >= 15 is 0 Å². The lowest BCUT2D eigenvalue weighted by Gasteiger charge is -2.15. The number of hydrogen-bond donors (Lipinski definition) is 1. The minimum Gasteiger partial charge on any atom is -0.490 e. The van der Waals surface area contributed by atoms with Crippen LogP contribution >= 0.6 is 0 Å². The smallest absolute Gasteiger partial charge is 0.169 e. The van der Waals surface area contributed by atoms with Crippen molar-refractivity contribution in [3.63, 3.8) is 0 Å². The van der Waals surface area contributed by atoms with Gasteiger partial charge in [-0.15, -0.1) is 0 Å². The molecule has 106 valence electrons. The fourth-order valence-corrected chi connectivity index (χ4v) is 2.09. The molecule has 0 unspecified atom stereocenters. The summed E-state index contributed by atoms with van der Waals surface area (Å²) in [5.41, 5.74) is 8.52. The molecule has 0 fully saturated rings. The molecule has 0 spiro atoms. The first-order chi connectivity index (χ1) is 9.65. The van der Waals surface area contributed by atoms with Crippen LogP contribution < -0.4 is 15.2 Å². The zero-order chi connectivity index (χ0) is 14.5. The van der Waals surface area contributed by atoms with Gasteiger partial charge >= 0.3 is 0 Å². The van der Waals surface area contributed by atoms with Gasteiger partial charge in [0.25, 0.3) is 0 Å². The van der Waals surface area contributed by atoms with Crippen LogP contribution in [0.4, 0.5) is 0 Å². The Hall–Kier alpha value is -2.07. The number of nitrogens with two attached hydrogens (primary N) is 1. The Morgan fingerprint density at radius 2 is 1.80 bits per heavy atom. The third kappa shape index (κ3) is 3.08. The van der Waals surface area contributed by atoms with Crippen LogP contribution in [0.1, 0.15) is 23.9 Å². The molecular formula is C16H20N2O2. The number of nitrogens with zero attached hydrogens (tertiary/aromatic N) is 1. The molecule has 0 bridgehead atoms. The van der Waals surface area contributed by atoms with Gasteiger partial charge in [0.1, 0.15) is 5.75 Å². The molecule has 1 heterocycles. The number of aromatic nitrogens is 1. The highest BCUT2D eigenvalue weighted by atomic mass is 16.5. The van der Waals surface area contributed by atoms with Crippen LogP contribution in [0.2, 0.25) is 0 Å². The van der Waals surface area contributed by atoms with Crippen molar-refractivity contribution in [1.82, 2.24) is 4.98 Å². The summed E-state index contributed by atoms with van der Waals surface area (Å²) in [6.45, 7) is 6.82. The summed E-state index contributed by atoms with van der Waals surface area (Å²) in [7, 11) is 0. The largest absolute Gasteiger partial charge is 0.490 e. The second kappa shape index (κ2) is 6.39. The van der Waals surface area contributed by atoms with Crippen molar-refractivity contribution < 1.29 is 9.47 Å². The van der Waals surface area contributed by atoms with Crippen LogP contribution in [0.5, 0.6) is 17.2 Å². The van der Waals surface area contributed by atoms with E-state index in [1.807, 2.05) is 51.1 Å². The Kier molecular flexibility index (Phi) is 4.58. The van der Waals surface area contributed by atoms with Crippen LogP contribution in [0.3, 0.4) is 0 Å². The Morgan fingerprint density at radius 1 is 1.10 bits per heavy atom. The summed E-state index contributed by atoms with van der Waals surface area (Å²) < 4.78 is 11.6. The molecule has 1 aromatic carbocycles. The molecule has 20 heavy (non-hydrogen) atoms. The highest BCUT2D eigenvalue weighted by Crippen LogP contribution is 2.33. The summed E-state index contributed by atoms with van der Waals surface area (Å²) >= 11 is 0. The van der Waals surface area contributed by atoms with Crippen molar-refractivity contribution >= 4 is 0 Å². The molecule has 4 heteroatoms. The molecule has 0 aliphatic rings. The van der Waals surface area contributed by atoms with Crippen molar-refractivity contribution in [1.29, 1.82) is 0 Å². The molecule has 0 amide bonds. The summed E-state index contributed by atoms with van der Waals surface area (Å²) in [5.74, 6) is 2.16. The lowest BCUT2D eigenvalue weighted by molar-refractivity contribution is 0.321. The summed E-state index contributed by atoms with van der Waals surface area (Å²) in [5, 5.41) is 0. The highest BCUT2D eigenvalue weighted by Gasteiger charge is 2.11. The van der Waals surface area contributed by atoms with Gasteiger partial charge in [-0.3, -0.25) is 4.98 Å². The van der Waals surface area contributed by atoms with E-state index in [1.54, 1.807) is 0 Å². The van der Waals surface area contributed by atoms with Gasteiger partial charge in [-0.2, -0.15) is 0 Å². The van der Waals surface area contributed by atoms with Gasteiger partial charge in [0.15, 0.2) is 11.5 Å². The molecule has 0 radical (unpaired) electrons. The molecule has 2 N–H and O–H groups in total. The Labute approximate surface area is 119 Å². The van der Waals surface area contributed by atoms with Crippen LogP contribution in [0, 0.1) is 13.8 Å². The zero-order valence-corrected chi connectivity index (χ0v) is 12.1. The van der Waals surface area contributed by atoms with Crippen molar-refractivity contribution in [2.75, 3.05) is 6.61 Å². The molecule has 0 atom stereocenters. The van der Waals surface area contributed by atoms with Crippen molar-refractivity contribution in [2.24, 2.45) is 5.73 Å². The average Bonchev–Trinajstić information content (AvgIpc) is 2.41. The van der Waals surface area contributed by atoms with Crippen LogP contribution in [0.25, 0.3) is 0 Å². The SMILES string of the molecule is CCOc1ccccc1Oc1cc(C)nc(C)c1CN. The minimum atomic E-state index is 0.394. The minimum absolute atomic E-state index is 0.394. The fourth-order valence-electron chi connectivity index (χ4n) is 2.09. The van der Waals surface area contributed by atoms with E-state index in [4.69, 9.17) is 15.2 Å². The molecule has 2 aromatic rings. The lowest BCUT2D eigenvalue weighted by Crippen LogP contribution is -2.05. The predicted molar refractivity (Wildman–Crippen MR) is 79.3 cm³/mol. The van der Waals surface area contributed by atoms with E-state index in [0.717, 1.165) is 28.5 Å². The molecule has 0 aliphatic heterocycles. The summed E-state index contributed by atoms with van der Waals surface area (Å²) in [4.78, 5) is 4.41. The summed E-state index contributed by atoms with van der Waals surface area (Å²) in [6.07, 6.45) is 0. The van der Waals surface area contributed by atoms with Crippen LogP contribution in [-0.2, 0) is 6.54 Å². The van der Waals surface area contributed by atoms with Gasteiger partial charge in [0.2, 0.25) is 0 Å². The first kappa shape index (κ1) is 14.3. The van der Waals surface area contributed by atoms with Crippen LogP contribution in [-0.4, -0.2) is 11.6 Å². The number of rotatable bonds is 5. The number of hydrogen-bond acceptors (Lipinski definition) is 4. The van der Waals surface area contributed by atoms with Crippen molar-refractivity contribution in [3.05, 3.63) is 47.3 Å². The molecule has 4 nitrogen and oxygen atoms in total. The van der Waals surface area contributed by atoms with E-state index in [0.29, 0.717) is 18.9 Å². The first-order valence-corrected chi connectivity index (χ1v) is 6.72. The number of para-hydroxylation sites is 2. The quantitative estimate of drug-likeness (QED) is 0.906. The van der Waals surface area contributed by atoms with E-state index in [9.17, 15) is 0 Å². The maximum absolute atomic E-state index is 6.00. The zero-order valence-electron chi connectivity index (χ0n) is 12.1. The number of ether oxygens (including phenoxy) is 2. The van der Waals surface area contributed by atoms with Crippen molar-refractivity contribution in [3.8, 4) is 17.2 Å². The molecule has 1 aromatic heterocycles. The lowest BCUT2D eigenvalue weighted by atomic mass is 10.1. The first-order valence-electron chi connectivity index (χ1n) is 6.72. The normalized spacial score (nSPS) is 10.4. The highest BCUT2D eigenvalue weighted by molar-refractivity contribution is 5.46. The molecule has 0 aliphatic carbocycles. The number of pyridine rings is 1. The molecular weight excluding hydrogens is 252 g/mol. The second-order valence-corrected chi connectivity index (χ2v) is 4.51. The monoisotopic (exact) mass is 272 g/mol. The van der Waals surface area contributed by atoms with Gasteiger partial charge in [-0.05, 0) is 32.9 Å². The van der Waals surface area contributed by atoms with Gasteiger partial charge < -0.3 is 15.2 Å². The number of aryl methyl sites for hydroxylation is 2. The molecule has 2 rings (SSSR count). The van der Waals surface area contributed by atoms with Crippen LogP contribution in [0.15, 0.2) is 30.3 Å².